The van der Waals surface area contributed by atoms with Crippen molar-refractivity contribution in [2.24, 2.45) is 5.92 Å². The van der Waals surface area contributed by atoms with Crippen LogP contribution < -0.4 is 5.32 Å². The Kier molecular flexibility index (Phi) is 4.73. The van der Waals surface area contributed by atoms with E-state index in [0.29, 0.717) is 22.8 Å². The van der Waals surface area contributed by atoms with Gasteiger partial charge in [0.1, 0.15) is 5.82 Å². The second-order valence-electron chi connectivity index (χ2n) is 6.74. The van der Waals surface area contributed by atoms with Crippen molar-refractivity contribution >= 4 is 11.6 Å². The Morgan fingerprint density at radius 3 is 2.48 bits per heavy atom. The van der Waals surface area contributed by atoms with E-state index in [0.717, 1.165) is 6.20 Å². The largest absolute Gasteiger partial charge is 0.323 e. The minimum atomic E-state index is -0.444. The predicted octanol–water partition coefficient (Wildman–Crippen LogP) is 3.57. The summed E-state index contributed by atoms with van der Waals surface area (Å²) in [7, 11) is 0. The maximum absolute atomic E-state index is 13.4. The van der Waals surface area contributed by atoms with Gasteiger partial charge in [-0.2, -0.15) is 0 Å². The molecule has 0 bridgehead atoms. The number of hydrogen-bond donors (Lipinski definition) is 1. The van der Waals surface area contributed by atoms with Crippen molar-refractivity contribution in [3.8, 4) is 11.4 Å². The van der Waals surface area contributed by atoms with Crippen LogP contribution in [-0.2, 0) is 10.2 Å². The van der Waals surface area contributed by atoms with Crippen LogP contribution in [0.2, 0.25) is 0 Å². The molecule has 122 valence electrons. The maximum Gasteiger partial charge on any atom is 0.227 e. The fourth-order valence-corrected chi connectivity index (χ4v) is 2.00. The van der Waals surface area contributed by atoms with Crippen LogP contribution in [0.3, 0.4) is 0 Å². The van der Waals surface area contributed by atoms with E-state index in [2.05, 4.69) is 20.3 Å². The molecule has 0 saturated carbocycles. The van der Waals surface area contributed by atoms with E-state index < -0.39 is 5.82 Å². The molecule has 0 atom stereocenters. The number of hydrogen-bond acceptors (Lipinski definition) is 4. The number of amides is 1. The van der Waals surface area contributed by atoms with E-state index >= 15 is 0 Å². The minimum Gasteiger partial charge on any atom is -0.323 e. The van der Waals surface area contributed by atoms with Crippen molar-refractivity contribution in [3.63, 3.8) is 0 Å². The van der Waals surface area contributed by atoms with Gasteiger partial charge in [0.25, 0.3) is 0 Å². The summed E-state index contributed by atoms with van der Waals surface area (Å²) in [6.07, 6.45) is 4.21. The summed E-state index contributed by atoms with van der Waals surface area (Å²) >= 11 is 0. The summed E-state index contributed by atoms with van der Waals surface area (Å²) in [5.41, 5.74) is 1.46. The molecule has 0 radical (unpaired) electrons. The summed E-state index contributed by atoms with van der Waals surface area (Å²) < 4.78 is 13.4. The fraction of sp³-hybridized carbons (Fsp3) is 0.412. The predicted molar refractivity (Wildman–Crippen MR) is 87.4 cm³/mol. The van der Waals surface area contributed by atoms with E-state index in [1.807, 2.05) is 34.6 Å². The van der Waals surface area contributed by atoms with Gasteiger partial charge in [-0.3, -0.25) is 9.78 Å². The van der Waals surface area contributed by atoms with Gasteiger partial charge in [0, 0.05) is 23.1 Å². The van der Waals surface area contributed by atoms with Crippen LogP contribution >= 0.6 is 0 Å². The summed E-state index contributed by atoms with van der Waals surface area (Å²) in [6, 6.07) is 1.33. The van der Waals surface area contributed by atoms with Gasteiger partial charge in [0.15, 0.2) is 5.82 Å². The lowest BCUT2D eigenvalue weighted by molar-refractivity contribution is -0.118. The smallest absolute Gasteiger partial charge is 0.227 e. The average molecular weight is 316 g/mol. The van der Waals surface area contributed by atoms with E-state index in [1.54, 1.807) is 6.20 Å². The number of halogens is 1. The zero-order valence-electron chi connectivity index (χ0n) is 14.0. The first-order valence-corrected chi connectivity index (χ1v) is 7.48. The van der Waals surface area contributed by atoms with Crippen molar-refractivity contribution < 1.29 is 9.18 Å². The summed E-state index contributed by atoms with van der Waals surface area (Å²) in [4.78, 5) is 24.6. The lowest BCUT2D eigenvalue weighted by Crippen LogP contribution is -2.23. The van der Waals surface area contributed by atoms with Crippen LogP contribution in [0.25, 0.3) is 11.4 Å². The van der Waals surface area contributed by atoms with Gasteiger partial charge in [-0.25, -0.2) is 14.4 Å². The Hall–Kier alpha value is -2.37. The number of carbonyl (C=O) groups is 1. The molecule has 0 aliphatic heterocycles. The van der Waals surface area contributed by atoms with Gasteiger partial charge in [0.05, 0.1) is 23.8 Å². The quantitative estimate of drug-likeness (QED) is 0.940. The third kappa shape index (κ3) is 4.09. The monoisotopic (exact) mass is 316 g/mol. The Bertz CT molecular complexity index is 723. The summed E-state index contributed by atoms with van der Waals surface area (Å²) in [6.45, 7) is 9.62. The van der Waals surface area contributed by atoms with Gasteiger partial charge in [-0.05, 0) is 6.07 Å². The number of nitrogens with zero attached hydrogens (tertiary/aromatic N) is 3. The molecule has 0 aliphatic carbocycles. The van der Waals surface area contributed by atoms with E-state index in [-0.39, 0.29) is 17.2 Å². The normalized spacial score (nSPS) is 11.6. The molecule has 23 heavy (non-hydrogen) atoms. The molecule has 2 rings (SSSR count). The Balaban J connectivity index is 2.48. The number of aromatic nitrogens is 3. The summed E-state index contributed by atoms with van der Waals surface area (Å²) in [5.74, 6) is -0.306. The molecule has 2 heterocycles. The maximum atomic E-state index is 13.4. The summed E-state index contributed by atoms with van der Waals surface area (Å²) in [5, 5.41) is 2.85. The number of pyridine rings is 1. The fourth-order valence-electron chi connectivity index (χ4n) is 2.00. The zero-order valence-corrected chi connectivity index (χ0v) is 14.0. The Morgan fingerprint density at radius 1 is 1.22 bits per heavy atom. The van der Waals surface area contributed by atoms with Crippen LogP contribution in [-0.4, -0.2) is 20.9 Å². The highest BCUT2D eigenvalue weighted by atomic mass is 19.1. The van der Waals surface area contributed by atoms with Crippen molar-refractivity contribution in [3.05, 3.63) is 36.2 Å². The van der Waals surface area contributed by atoms with Crippen molar-refractivity contribution in [2.75, 3.05) is 5.32 Å². The number of carbonyl (C=O) groups excluding carboxylic acids is 1. The Morgan fingerprint density at radius 2 is 1.91 bits per heavy atom. The van der Waals surface area contributed by atoms with E-state index in [1.165, 1.54) is 12.3 Å². The molecule has 2 aromatic heterocycles. The van der Waals surface area contributed by atoms with Crippen molar-refractivity contribution in [1.29, 1.82) is 0 Å². The second kappa shape index (κ2) is 6.40. The van der Waals surface area contributed by atoms with Crippen LogP contribution in [0, 0.1) is 11.7 Å². The molecular formula is C17H21FN4O. The molecule has 0 unspecified atom stereocenters. The standard InChI is InChI=1S/C17H21FN4O/c1-10(2)16(23)21-13-9-20-15(22-14(13)17(3,4)5)11-6-12(18)8-19-7-11/h6-10H,1-5H3,(H,21,23). The molecule has 5 nitrogen and oxygen atoms in total. The highest BCUT2D eigenvalue weighted by Crippen LogP contribution is 2.29. The second-order valence-corrected chi connectivity index (χ2v) is 6.74. The molecule has 1 N–H and O–H groups in total. The van der Waals surface area contributed by atoms with Crippen LogP contribution in [0.1, 0.15) is 40.3 Å². The molecular weight excluding hydrogens is 295 g/mol. The third-order valence-corrected chi connectivity index (χ3v) is 3.24. The van der Waals surface area contributed by atoms with E-state index in [9.17, 15) is 9.18 Å². The van der Waals surface area contributed by atoms with Gasteiger partial charge >= 0.3 is 0 Å². The first kappa shape index (κ1) is 17.0. The average Bonchev–Trinajstić information content (AvgIpc) is 2.46. The van der Waals surface area contributed by atoms with E-state index in [4.69, 9.17) is 0 Å². The van der Waals surface area contributed by atoms with Crippen LogP contribution in [0.15, 0.2) is 24.7 Å². The van der Waals surface area contributed by atoms with Crippen molar-refractivity contribution in [2.45, 2.75) is 40.0 Å². The topological polar surface area (TPSA) is 67.8 Å². The molecule has 6 heteroatoms. The highest BCUT2D eigenvalue weighted by Gasteiger charge is 2.23. The Labute approximate surface area is 135 Å². The molecule has 1 amide bonds. The lowest BCUT2D eigenvalue weighted by Gasteiger charge is -2.22. The molecule has 0 aliphatic rings. The van der Waals surface area contributed by atoms with Gasteiger partial charge in [0.2, 0.25) is 5.91 Å². The van der Waals surface area contributed by atoms with Gasteiger partial charge in [-0.1, -0.05) is 34.6 Å². The first-order chi connectivity index (χ1) is 10.7. The third-order valence-electron chi connectivity index (χ3n) is 3.24. The first-order valence-electron chi connectivity index (χ1n) is 7.48. The van der Waals surface area contributed by atoms with Crippen LogP contribution in [0.4, 0.5) is 10.1 Å². The van der Waals surface area contributed by atoms with Gasteiger partial charge in [-0.15, -0.1) is 0 Å². The van der Waals surface area contributed by atoms with Gasteiger partial charge < -0.3 is 5.32 Å². The zero-order chi connectivity index (χ0) is 17.2. The SMILES string of the molecule is CC(C)C(=O)Nc1cnc(-c2cncc(F)c2)nc1C(C)(C)C. The molecule has 2 aromatic rings. The number of anilines is 1. The number of nitrogens with one attached hydrogen (secondary N) is 1. The minimum absolute atomic E-state index is 0.0979. The molecule has 0 fully saturated rings. The molecule has 0 spiro atoms. The van der Waals surface area contributed by atoms with Crippen LogP contribution in [0.5, 0.6) is 0 Å². The molecule has 0 saturated heterocycles. The van der Waals surface area contributed by atoms with Crippen molar-refractivity contribution in [1.82, 2.24) is 15.0 Å². The molecule has 0 aromatic carbocycles. The lowest BCUT2D eigenvalue weighted by atomic mass is 9.90. The number of rotatable bonds is 3. The highest BCUT2D eigenvalue weighted by molar-refractivity contribution is 5.92.